The van der Waals surface area contributed by atoms with Gasteiger partial charge in [0.2, 0.25) is 0 Å². The highest BCUT2D eigenvalue weighted by atomic mass is 16.5. The third-order valence-electron chi connectivity index (χ3n) is 4.98. The molecule has 4 rings (SSSR count). The minimum atomic E-state index is -0.433. The van der Waals surface area contributed by atoms with Crippen LogP contribution in [0.25, 0.3) is 5.57 Å². The van der Waals surface area contributed by atoms with E-state index in [9.17, 15) is 9.59 Å². The van der Waals surface area contributed by atoms with Gasteiger partial charge in [-0.05, 0) is 55.8 Å². The first-order valence-corrected chi connectivity index (χ1v) is 10.3. The van der Waals surface area contributed by atoms with E-state index >= 15 is 0 Å². The molecule has 6 nitrogen and oxygen atoms in total. The fourth-order valence-electron chi connectivity index (χ4n) is 3.58. The number of ether oxygens (including phenoxy) is 2. The number of benzene rings is 3. The molecule has 0 unspecified atom stereocenters. The SMILES string of the molecule is COc1ccccc1NC1=C(c2ccccc2)C(=O)N(c2ccc(OC(C)C)cc2)C1=O. The van der Waals surface area contributed by atoms with Gasteiger partial charge in [0, 0.05) is 0 Å². The van der Waals surface area contributed by atoms with Crippen LogP contribution in [0.1, 0.15) is 19.4 Å². The minimum absolute atomic E-state index is 0.0268. The number of methoxy groups -OCH3 is 1. The van der Waals surface area contributed by atoms with Gasteiger partial charge in [-0.15, -0.1) is 0 Å². The van der Waals surface area contributed by atoms with E-state index in [4.69, 9.17) is 9.47 Å². The van der Waals surface area contributed by atoms with Crippen molar-refractivity contribution in [2.45, 2.75) is 20.0 Å². The quantitative estimate of drug-likeness (QED) is 0.544. The number of hydrogen-bond donors (Lipinski definition) is 1. The summed E-state index contributed by atoms with van der Waals surface area (Å²) in [6, 6.07) is 23.3. The summed E-state index contributed by atoms with van der Waals surface area (Å²) >= 11 is 0. The van der Waals surface area contributed by atoms with E-state index in [1.165, 1.54) is 4.90 Å². The lowest BCUT2D eigenvalue weighted by molar-refractivity contribution is -0.120. The largest absolute Gasteiger partial charge is 0.495 e. The van der Waals surface area contributed by atoms with Gasteiger partial charge in [-0.25, -0.2) is 4.90 Å². The van der Waals surface area contributed by atoms with E-state index < -0.39 is 11.8 Å². The molecule has 3 aromatic carbocycles. The molecule has 1 N–H and O–H groups in total. The van der Waals surface area contributed by atoms with Crippen LogP contribution in [0.4, 0.5) is 11.4 Å². The van der Waals surface area contributed by atoms with Crippen LogP contribution < -0.4 is 19.7 Å². The number of carbonyl (C=O) groups is 2. The maximum atomic E-state index is 13.5. The Morgan fingerprint density at radius 3 is 2.12 bits per heavy atom. The first-order chi connectivity index (χ1) is 15.5. The molecule has 2 amide bonds. The molecule has 6 heteroatoms. The Morgan fingerprint density at radius 1 is 0.812 bits per heavy atom. The number of rotatable bonds is 7. The molecule has 32 heavy (non-hydrogen) atoms. The molecular weight excluding hydrogens is 404 g/mol. The van der Waals surface area contributed by atoms with E-state index in [-0.39, 0.29) is 11.8 Å². The van der Waals surface area contributed by atoms with Crippen LogP contribution in [-0.4, -0.2) is 25.0 Å². The third kappa shape index (κ3) is 4.07. The van der Waals surface area contributed by atoms with Gasteiger partial charge in [0.1, 0.15) is 17.2 Å². The van der Waals surface area contributed by atoms with Crippen molar-refractivity contribution in [2.24, 2.45) is 0 Å². The van der Waals surface area contributed by atoms with Crippen molar-refractivity contribution < 1.29 is 19.1 Å². The van der Waals surface area contributed by atoms with Gasteiger partial charge in [0.25, 0.3) is 11.8 Å². The summed E-state index contributed by atoms with van der Waals surface area (Å²) in [4.78, 5) is 28.1. The highest BCUT2D eigenvalue weighted by Crippen LogP contribution is 2.36. The molecular formula is C26H24N2O4. The predicted molar refractivity (Wildman–Crippen MR) is 125 cm³/mol. The van der Waals surface area contributed by atoms with Crippen LogP contribution in [0, 0.1) is 0 Å². The highest BCUT2D eigenvalue weighted by molar-refractivity contribution is 6.46. The van der Waals surface area contributed by atoms with Crippen LogP contribution in [0.3, 0.4) is 0 Å². The zero-order valence-corrected chi connectivity index (χ0v) is 18.2. The highest BCUT2D eigenvalue weighted by Gasteiger charge is 2.40. The van der Waals surface area contributed by atoms with E-state index in [1.54, 1.807) is 43.5 Å². The first kappa shape index (κ1) is 21.2. The second kappa shape index (κ2) is 8.98. The molecule has 162 valence electrons. The first-order valence-electron chi connectivity index (χ1n) is 10.3. The molecule has 0 saturated carbocycles. The molecule has 0 atom stereocenters. The second-order valence-electron chi connectivity index (χ2n) is 7.55. The lowest BCUT2D eigenvalue weighted by atomic mass is 10.0. The second-order valence-corrected chi connectivity index (χ2v) is 7.55. The number of nitrogens with one attached hydrogen (secondary N) is 1. The van der Waals surface area contributed by atoms with Gasteiger partial charge in [0.15, 0.2) is 0 Å². The topological polar surface area (TPSA) is 67.9 Å². The Bertz CT molecular complexity index is 1170. The van der Waals surface area contributed by atoms with Crippen molar-refractivity contribution in [3.8, 4) is 11.5 Å². The van der Waals surface area contributed by atoms with Crippen molar-refractivity contribution in [1.82, 2.24) is 0 Å². The van der Waals surface area contributed by atoms with Gasteiger partial charge < -0.3 is 14.8 Å². The van der Waals surface area contributed by atoms with Crippen molar-refractivity contribution in [1.29, 1.82) is 0 Å². The van der Waals surface area contributed by atoms with Crippen LogP contribution in [0.5, 0.6) is 11.5 Å². The van der Waals surface area contributed by atoms with Crippen LogP contribution in [0.2, 0.25) is 0 Å². The third-order valence-corrected chi connectivity index (χ3v) is 4.98. The Kier molecular flexibility index (Phi) is 5.94. The molecule has 3 aromatic rings. The monoisotopic (exact) mass is 428 g/mol. The summed E-state index contributed by atoms with van der Waals surface area (Å²) in [7, 11) is 1.56. The smallest absolute Gasteiger partial charge is 0.282 e. The van der Waals surface area contributed by atoms with Gasteiger partial charge in [-0.1, -0.05) is 42.5 Å². The summed E-state index contributed by atoms with van der Waals surface area (Å²) in [6.45, 7) is 3.88. The molecule has 0 radical (unpaired) electrons. The molecule has 1 aliphatic rings. The van der Waals surface area contributed by atoms with Crippen LogP contribution in [-0.2, 0) is 9.59 Å². The lowest BCUT2D eigenvalue weighted by Crippen LogP contribution is -2.32. The summed E-state index contributed by atoms with van der Waals surface area (Å²) in [5.74, 6) is 0.418. The van der Waals surface area contributed by atoms with Gasteiger partial charge in [0.05, 0.1) is 30.2 Å². The van der Waals surface area contributed by atoms with E-state index in [0.717, 1.165) is 0 Å². The lowest BCUT2D eigenvalue weighted by Gasteiger charge is -2.17. The predicted octanol–water partition coefficient (Wildman–Crippen LogP) is 4.88. The van der Waals surface area contributed by atoms with Gasteiger partial charge >= 0.3 is 0 Å². The maximum absolute atomic E-state index is 13.5. The Hall–Kier alpha value is -4.06. The number of anilines is 2. The summed E-state index contributed by atoms with van der Waals surface area (Å²) in [5, 5.41) is 3.14. The number of hydrogen-bond acceptors (Lipinski definition) is 5. The molecule has 0 aromatic heterocycles. The average Bonchev–Trinajstić information content (AvgIpc) is 3.04. The fraction of sp³-hybridized carbons (Fsp3) is 0.154. The van der Waals surface area contributed by atoms with E-state index in [1.807, 2.05) is 56.3 Å². The van der Waals surface area contributed by atoms with Crippen molar-refractivity contribution >= 4 is 28.8 Å². The number of amides is 2. The number of nitrogens with zero attached hydrogens (tertiary/aromatic N) is 1. The maximum Gasteiger partial charge on any atom is 0.282 e. The molecule has 1 heterocycles. The molecule has 0 spiro atoms. The average molecular weight is 428 g/mol. The Morgan fingerprint density at radius 2 is 1.47 bits per heavy atom. The van der Waals surface area contributed by atoms with Crippen LogP contribution >= 0.6 is 0 Å². The standard InChI is InChI=1S/C26H24N2O4/c1-17(2)32-20-15-13-19(14-16-20)28-25(29)23(18-9-5-4-6-10-18)24(26(28)30)27-21-11-7-8-12-22(21)31-3/h4-17,27H,1-3H3. The molecule has 0 saturated heterocycles. The number of carbonyl (C=O) groups excluding carboxylic acids is 2. The van der Waals surface area contributed by atoms with Crippen molar-refractivity contribution in [2.75, 3.05) is 17.3 Å². The Labute approximate surface area is 187 Å². The number of para-hydroxylation sites is 2. The molecule has 0 bridgehead atoms. The van der Waals surface area contributed by atoms with Crippen molar-refractivity contribution in [3.05, 3.63) is 90.1 Å². The van der Waals surface area contributed by atoms with Gasteiger partial charge in [-0.3, -0.25) is 9.59 Å². The molecule has 0 fully saturated rings. The van der Waals surface area contributed by atoms with E-state index in [0.29, 0.717) is 34.0 Å². The zero-order valence-electron chi connectivity index (χ0n) is 18.2. The normalized spacial score (nSPS) is 13.7. The molecule has 1 aliphatic heterocycles. The van der Waals surface area contributed by atoms with E-state index in [2.05, 4.69) is 5.32 Å². The fourth-order valence-corrected chi connectivity index (χ4v) is 3.58. The van der Waals surface area contributed by atoms with Crippen molar-refractivity contribution in [3.63, 3.8) is 0 Å². The minimum Gasteiger partial charge on any atom is -0.495 e. The summed E-state index contributed by atoms with van der Waals surface area (Å²) in [6.07, 6.45) is 0.0268. The Balaban J connectivity index is 1.75. The summed E-state index contributed by atoms with van der Waals surface area (Å²) < 4.78 is 11.1. The number of imide groups is 1. The summed E-state index contributed by atoms with van der Waals surface area (Å²) in [5.41, 5.74) is 2.24. The molecule has 0 aliphatic carbocycles. The van der Waals surface area contributed by atoms with Gasteiger partial charge in [-0.2, -0.15) is 0 Å². The van der Waals surface area contributed by atoms with Crippen LogP contribution in [0.15, 0.2) is 84.6 Å². The zero-order chi connectivity index (χ0) is 22.7.